The van der Waals surface area contributed by atoms with Crippen LogP contribution in [0.1, 0.15) is 26.2 Å². The number of likely N-dealkylation sites (N-methyl/N-ethyl adjacent to an activating group) is 1. The van der Waals surface area contributed by atoms with Crippen molar-refractivity contribution in [3.63, 3.8) is 0 Å². The van der Waals surface area contributed by atoms with Crippen LogP contribution in [0.3, 0.4) is 0 Å². The third-order valence-electron chi connectivity index (χ3n) is 3.00. The average molecular weight is 250 g/mol. The van der Waals surface area contributed by atoms with E-state index in [1.807, 2.05) is 0 Å². The van der Waals surface area contributed by atoms with Gasteiger partial charge in [0.05, 0.1) is 6.61 Å². The molecule has 0 unspecified atom stereocenters. The third-order valence-corrected chi connectivity index (χ3v) is 3.00. The van der Waals surface area contributed by atoms with E-state index < -0.39 is 0 Å². The van der Waals surface area contributed by atoms with E-state index in [4.69, 9.17) is 4.74 Å². The molecule has 1 aromatic heterocycles. The van der Waals surface area contributed by atoms with Gasteiger partial charge >= 0.3 is 0 Å². The van der Waals surface area contributed by atoms with E-state index in [9.17, 15) is 0 Å². The summed E-state index contributed by atoms with van der Waals surface area (Å²) >= 11 is 0. The minimum absolute atomic E-state index is 0.643. The Balaban J connectivity index is 1.73. The van der Waals surface area contributed by atoms with Crippen molar-refractivity contribution in [2.24, 2.45) is 0 Å². The lowest BCUT2D eigenvalue weighted by Gasteiger charge is -2.15. The van der Waals surface area contributed by atoms with Crippen LogP contribution in [0.4, 0.5) is 5.95 Å². The topological polar surface area (TPSA) is 50.3 Å². The molecule has 5 heteroatoms. The van der Waals surface area contributed by atoms with Gasteiger partial charge in [0.2, 0.25) is 11.8 Å². The van der Waals surface area contributed by atoms with Crippen LogP contribution >= 0.6 is 0 Å². The maximum Gasteiger partial charge on any atom is 0.225 e. The van der Waals surface area contributed by atoms with Crippen LogP contribution in [-0.2, 0) is 0 Å². The molecule has 0 saturated heterocycles. The second kappa shape index (κ2) is 6.54. The first-order chi connectivity index (χ1) is 8.79. The van der Waals surface area contributed by atoms with E-state index in [0.29, 0.717) is 18.4 Å². The van der Waals surface area contributed by atoms with E-state index in [-0.39, 0.29) is 0 Å². The Morgan fingerprint density at radius 2 is 2.33 bits per heavy atom. The summed E-state index contributed by atoms with van der Waals surface area (Å²) in [6.45, 7) is 4.66. The van der Waals surface area contributed by atoms with Gasteiger partial charge in [-0.25, -0.2) is 4.98 Å². The van der Waals surface area contributed by atoms with Gasteiger partial charge < -0.3 is 15.0 Å². The number of nitrogens with zero attached hydrogens (tertiary/aromatic N) is 3. The molecule has 2 rings (SSSR count). The van der Waals surface area contributed by atoms with Gasteiger partial charge in [0, 0.05) is 31.4 Å². The summed E-state index contributed by atoms with van der Waals surface area (Å²) in [7, 11) is 2.17. The number of ether oxygens (including phenoxy) is 1. The quantitative estimate of drug-likeness (QED) is 0.762. The number of aromatic nitrogens is 2. The van der Waals surface area contributed by atoms with Crippen molar-refractivity contribution in [2.45, 2.75) is 32.2 Å². The fourth-order valence-corrected chi connectivity index (χ4v) is 1.76. The Morgan fingerprint density at radius 1 is 1.50 bits per heavy atom. The summed E-state index contributed by atoms with van der Waals surface area (Å²) in [6.07, 6.45) is 5.39. The smallest absolute Gasteiger partial charge is 0.225 e. The highest BCUT2D eigenvalue weighted by molar-refractivity contribution is 5.27. The number of hydrogen-bond donors (Lipinski definition) is 1. The van der Waals surface area contributed by atoms with E-state index in [0.717, 1.165) is 25.6 Å². The van der Waals surface area contributed by atoms with Gasteiger partial charge in [0.1, 0.15) is 0 Å². The molecule has 0 atom stereocenters. The van der Waals surface area contributed by atoms with E-state index >= 15 is 0 Å². The van der Waals surface area contributed by atoms with Crippen molar-refractivity contribution in [1.29, 1.82) is 0 Å². The van der Waals surface area contributed by atoms with Crippen LogP contribution in [0.25, 0.3) is 0 Å². The Labute approximate surface area is 109 Å². The second-order valence-electron chi connectivity index (χ2n) is 4.71. The zero-order valence-corrected chi connectivity index (χ0v) is 11.2. The maximum absolute atomic E-state index is 5.47. The molecule has 0 aromatic carbocycles. The van der Waals surface area contributed by atoms with E-state index in [1.54, 1.807) is 12.3 Å². The zero-order chi connectivity index (χ0) is 12.8. The van der Waals surface area contributed by atoms with Crippen molar-refractivity contribution in [2.75, 3.05) is 32.1 Å². The second-order valence-corrected chi connectivity index (χ2v) is 4.71. The largest absolute Gasteiger partial charge is 0.478 e. The van der Waals surface area contributed by atoms with Crippen LogP contribution in [0.2, 0.25) is 0 Å². The molecule has 0 amide bonds. The normalized spacial score (nSPS) is 14.8. The molecule has 1 aliphatic carbocycles. The molecule has 1 aliphatic rings. The van der Waals surface area contributed by atoms with Crippen molar-refractivity contribution >= 4 is 5.95 Å². The molecule has 0 spiro atoms. The number of rotatable bonds is 8. The fourth-order valence-electron chi connectivity index (χ4n) is 1.76. The molecule has 0 bridgehead atoms. The fraction of sp³-hybridized carbons (Fsp3) is 0.692. The Hall–Kier alpha value is -1.36. The molecule has 1 aromatic rings. The Bertz CT molecular complexity index is 368. The Kier molecular flexibility index (Phi) is 4.75. The van der Waals surface area contributed by atoms with Crippen LogP contribution in [0.5, 0.6) is 5.88 Å². The summed E-state index contributed by atoms with van der Waals surface area (Å²) < 4.78 is 5.47. The number of anilines is 1. The highest BCUT2D eigenvalue weighted by atomic mass is 16.5. The average Bonchev–Trinajstić information content (AvgIpc) is 3.21. The third kappa shape index (κ3) is 4.14. The first-order valence-electron chi connectivity index (χ1n) is 6.69. The summed E-state index contributed by atoms with van der Waals surface area (Å²) in [6, 6.07) is 2.59. The van der Waals surface area contributed by atoms with Gasteiger partial charge in [-0.15, -0.1) is 0 Å². The molecule has 1 N–H and O–H groups in total. The van der Waals surface area contributed by atoms with Crippen LogP contribution in [-0.4, -0.2) is 47.7 Å². The lowest BCUT2D eigenvalue weighted by molar-refractivity contribution is 0.305. The minimum atomic E-state index is 0.643. The van der Waals surface area contributed by atoms with Crippen LogP contribution in [0, 0.1) is 0 Å². The van der Waals surface area contributed by atoms with Gasteiger partial charge in [-0.2, -0.15) is 4.98 Å². The van der Waals surface area contributed by atoms with Crippen molar-refractivity contribution in [3.8, 4) is 5.88 Å². The maximum atomic E-state index is 5.47. The summed E-state index contributed by atoms with van der Waals surface area (Å²) in [5.41, 5.74) is 0. The van der Waals surface area contributed by atoms with Gasteiger partial charge in [-0.1, -0.05) is 6.92 Å². The number of hydrogen-bond acceptors (Lipinski definition) is 5. The zero-order valence-electron chi connectivity index (χ0n) is 11.2. The molecule has 1 heterocycles. The SMILES string of the molecule is CCCOc1ccnc(NCCN(C)C2CC2)n1. The van der Waals surface area contributed by atoms with Gasteiger partial charge in [0.15, 0.2) is 0 Å². The molecule has 0 aliphatic heterocycles. The molecule has 18 heavy (non-hydrogen) atoms. The van der Waals surface area contributed by atoms with E-state index in [1.165, 1.54) is 12.8 Å². The van der Waals surface area contributed by atoms with E-state index in [2.05, 4.69) is 34.2 Å². The van der Waals surface area contributed by atoms with Gasteiger partial charge in [-0.3, -0.25) is 0 Å². The molecule has 1 fully saturated rings. The van der Waals surface area contributed by atoms with Crippen LogP contribution in [0.15, 0.2) is 12.3 Å². The van der Waals surface area contributed by atoms with Crippen molar-refractivity contribution < 1.29 is 4.74 Å². The molecule has 100 valence electrons. The highest BCUT2D eigenvalue weighted by Crippen LogP contribution is 2.24. The summed E-state index contributed by atoms with van der Waals surface area (Å²) in [4.78, 5) is 10.9. The molecular formula is C13H22N4O. The Morgan fingerprint density at radius 3 is 3.06 bits per heavy atom. The summed E-state index contributed by atoms with van der Waals surface area (Å²) in [5, 5.41) is 3.23. The highest BCUT2D eigenvalue weighted by Gasteiger charge is 2.25. The first-order valence-corrected chi connectivity index (χ1v) is 6.69. The molecule has 1 saturated carbocycles. The van der Waals surface area contributed by atoms with Gasteiger partial charge in [0.25, 0.3) is 0 Å². The van der Waals surface area contributed by atoms with Gasteiger partial charge in [-0.05, 0) is 26.3 Å². The molecule has 5 nitrogen and oxygen atoms in total. The molecule has 0 radical (unpaired) electrons. The summed E-state index contributed by atoms with van der Waals surface area (Å²) in [5.74, 6) is 1.29. The lowest BCUT2D eigenvalue weighted by Crippen LogP contribution is -2.27. The first kappa shape index (κ1) is 13.1. The molecular weight excluding hydrogens is 228 g/mol. The standard InChI is InChI=1S/C13H22N4O/c1-3-10-18-12-6-7-14-13(16-12)15-8-9-17(2)11-4-5-11/h6-7,11H,3-5,8-10H2,1-2H3,(H,14,15,16). The van der Waals surface area contributed by atoms with Crippen molar-refractivity contribution in [3.05, 3.63) is 12.3 Å². The predicted octanol–water partition coefficient (Wildman–Crippen LogP) is 1.77. The monoisotopic (exact) mass is 250 g/mol. The lowest BCUT2D eigenvalue weighted by atomic mass is 10.5. The minimum Gasteiger partial charge on any atom is -0.478 e. The van der Waals surface area contributed by atoms with Crippen LogP contribution < -0.4 is 10.1 Å². The predicted molar refractivity (Wildman–Crippen MR) is 72.0 cm³/mol. The van der Waals surface area contributed by atoms with Crippen molar-refractivity contribution in [1.82, 2.24) is 14.9 Å². The number of nitrogens with one attached hydrogen (secondary N) is 1.